The Morgan fingerprint density at radius 1 is 0.353 bits per heavy atom. The lowest BCUT2D eigenvalue weighted by Crippen LogP contribution is -2.70. The highest BCUT2D eigenvalue weighted by Gasteiger charge is 2.60. The van der Waals surface area contributed by atoms with Gasteiger partial charge in [-0.1, -0.05) is 349 Å². The number of phosphoric ester groups is 1. The number of esters is 4. The van der Waals surface area contributed by atoms with Crippen molar-refractivity contribution < 1.29 is 122 Å². The van der Waals surface area contributed by atoms with Crippen molar-refractivity contribution in [1.82, 2.24) is 0 Å². The summed E-state index contributed by atoms with van der Waals surface area (Å²) in [5.41, 5.74) is 0. The minimum Gasteiger partial charge on any atom is -0.463 e. The third-order valence-corrected chi connectivity index (χ3v) is 25.0. The molecule has 0 aromatic carbocycles. The first-order valence-electron chi connectivity index (χ1n) is 48.2. The van der Waals surface area contributed by atoms with Crippen LogP contribution in [-0.4, -0.2) is 205 Å². The lowest BCUT2D eigenvalue weighted by Gasteiger charge is -2.50. The number of aliphatic hydroxyl groups is 9. The van der Waals surface area contributed by atoms with Gasteiger partial charge in [-0.25, -0.2) is 4.57 Å². The van der Waals surface area contributed by atoms with E-state index in [2.05, 4.69) is 53.7 Å². The molecule has 25 nitrogen and oxygen atoms in total. The highest BCUT2D eigenvalue weighted by Crippen LogP contribution is 2.49. The Balaban J connectivity index is 1.92. The molecule has 2 saturated heterocycles. The van der Waals surface area contributed by atoms with Crippen LogP contribution in [-0.2, 0) is 70.7 Å². The van der Waals surface area contributed by atoms with Crippen LogP contribution in [0.4, 0.5) is 0 Å². The third-order valence-electron chi connectivity index (χ3n) is 24.1. The summed E-state index contributed by atoms with van der Waals surface area (Å²) in [6.45, 7) is 10.3. The van der Waals surface area contributed by atoms with Crippen molar-refractivity contribution in [3.8, 4) is 0 Å². The number of carbonyl (C=O) groups excluding carboxylic acids is 4. The molecule has 1 saturated carbocycles. The fourth-order valence-corrected chi connectivity index (χ4v) is 17.2. The van der Waals surface area contributed by atoms with Gasteiger partial charge in [0.05, 0.1) is 13.2 Å². The lowest BCUT2D eigenvalue weighted by atomic mass is 9.84. The number of phosphoric acid groups is 1. The number of ether oxygens (including phenoxy) is 8. The van der Waals surface area contributed by atoms with Crippen LogP contribution in [0, 0.1) is 11.8 Å². The van der Waals surface area contributed by atoms with E-state index in [4.69, 9.17) is 46.9 Å². The summed E-state index contributed by atoms with van der Waals surface area (Å²) in [4.78, 5) is 66.6. The van der Waals surface area contributed by atoms with Crippen molar-refractivity contribution in [3.63, 3.8) is 0 Å². The Morgan fingerprint density at radius 2 is 0.681 bits per heavy atom. The van der Waals surface area contributed by atoms with Gasteiger partial charge in [0.15, 0.2) is 24.8 Å². The summed E-state index contributed by atoms with van der Waals surface area (Å²) in [5.74, 6) is -1.60. The fraction of sp³-hybridized carbons (Fsp3) is 0.935. The van der Waals surface area contributed by atoms with E-state index >= 15 is 0 Å². The molecule has 119 heavy (non-hydrogen) atoms. The number of hydrogen-bond donors (Lipinski definition) is 10. The van der Waals surface area contributed by atoms with E-state index in [0.29, 0.717) is 50.4 Å². The van der Waals surface area contributed by atoms with Gasteiger partial charge >= 0.3 is 31.7 Å². The topological polar surface area (TPSA) is 380 Å². The Hall–Kier alpha value is -2.79. The second kappa shape index (κ2) is 70.3. The van der Waals surface area contributed by atoms with Crippen molar-refractivity contribution >= 4 is 31.7 Å². The number of rotatable bonds is 77. The zero-order valence-corrected chi connectivity index (χ0v) is 75.9. The first kappa shape index (κ1) is 110. The molecule has 0 bridgehead atoms. The maximum atomic E-state index is 14.9. The van der Waals surface area contributed by atoms with Crippen LogP contribution in [0.2, 0.25) is 0 Å². The van der Waals surface area contributed by atoms with Gasteiger partial charge < -0.3 is 88.7 Å². The maximum absolute atomic E-state index is 14.9. The zero-order valence-electron chi connectivity index (χ0n) is 75.0. The number of carbonyl (C=O) groups is 4. The van der Waals surface area contributed by atoms with E-state index in [1.165, 1.54) is 186 Å². The Kier molecular flexibility index (Phi) is 65.2. The van der Waals surface area contributed by atoms with Crippen LogP contribution in [0.25, 0.3) is 0 Å². The van der Waals surface area contributed by atoms with E-state index in [-0.39, 0.29) is 25.7 Å². The van der Waals surface area contributed by atoms with Crippen LogP contribution in [0.15, 0.2) is 12.2 Å². The van der Waals surface area contributed by atoms with Crippen molar-refractivity contribution in [2.45, 2.75) is 518 Å². The van der Waals surface area contributed by atoms with E-state index < -0.39 is 162 Å². The van der Waals surface area contributed by atoms with Gasteiger partial charge in [-0.3, -0.25) is 28.2 Å². The normalized spacial score (nSPS) is 25.4. The molecule has 0 radical (unpaired) electrons. The van der Waals surface area contributed by atoms with E-state index in [1.54, 1.807) is 0 Å². The zero-order chi connectivity index (χ0) is 87.1. The Labute approximate surface area is 718 Å². The van der Waals surface area contributed by atoms with Crippen molar-refractivity contribution in [2.24, 2.45) is 11.8 Å². The molecule has 26 heteroatoms. The predicted octanol–water partition coefficient (Wildman–Crippen LogP) is 18.0. The largest absolute Gasteiger partial charge is 0.472 e. The van der Waals surface area contributed by atoms with Gasteiger partial charge in [-0.15, -0.1) is 0 Å². The second-order valence-electron chi connectivity index (χ2n) is 35.1. The molecule has 1 aliphatic carbocycles. The summed E-state index contributed by atoms with van der Waals surface area (Å²) in [7, 11) is -5.81. The first-order chi connectivity index (χ1) is 57.5. The van der Waals surface area contributed by atoms with E-state index in [1.807, 2.05) is 0 Å². The Morgan fingerprint density at radius 3 is 1.09 bits per heavy atom. The summed E-state index contributed by atoms with van der Waals surface area (Å²) < 4.78 is 73.5. The number of unbranched alkanes of at least 4 members (excludes halogenated alkanes) is 43. The maximum Gasteiger partial charge on any atom is 0.472 e. The van der Waals surface area contributed by atoms with Gasteiger partial charge in [0, 0.05) is 25.7 Å². The van der Waals surface area contributed by atoms with Gasteiger partial charge in [0.2, 0.25) is 0 Å². The second-order valence-corrected chi connectivity index (χ2v) is 36.5. The number of allylic oxidation sites excluding steroid dienone is 2. The molecule has 20 atom stereocenters. The molecule has 3 fully saturated rings. The average Bonchev–Trinajstić information content (AvgIpc) is 0.753. The molecule has 2 aliphatic heterocycles. The summed E-state index contributed by atoms with van der Waals surface area (Å²) >= 11 is 0. The smallest absolute Gasteiger partial charge is 0.463 e. The molecular weight excluding hydrogens is 1550 g/mol. The molecule has 0 aromatic heterocycles. The third kappa shape index (κ3) is 51.0. The van der Waals surface area contributed by atoms with Gasteiger partial charge in [-0.2, -0.15) is 0 Å². The SMILES string of the molecule is CCCCCCCC/C=C\CCCCCC(=O)OC(COC(=O)CCCCCCCCC(C)CCCCCCCC)COP(=O)(O)OC1C(OC2OC(CO)C(O)C(O)C2O)C(O)C(O)C(OC(=O)CCCCCCCCCCCCCCCCC)C1OC1OC(COC(=O)CCCCCCCCC(C)CCCCCCCC)C(O)C(O)C1O. The monoisotopic (exact) mass is 1720 g/mol. The number of aliphatic hydroxyl groups excluding tert-OH is 9. The molecule has 2 heterocycles. The molecule has 3 aliphatic rings. The minimum absolute atomic E-state index is 0.0152. The molecular formula is C93H173O25P. The van der Waals surface area contributed by atoms with Crippen LogP contribution in [0.5, 0.6) is 0 Å². The molecule has 3 rings (SSSR count). The van der Waals surface area contributed by atoms with Crippen molar-refractivity contribution in [2.75, 3.05) is 26.4 Å². The average molecular weight is 1720 g/mol. The molecule has 700 valence electrons. The molecule has 10 N–H and O–H groups in total. The van der Waals surface area contributed by atoms with Gasteiger partial charge in [-0.05, 0) is 63.2 Å². The first-order valence-corrected chi connectivity index (χ1v) is 49.7. The highest BCUT2D eigenvalue weighted by atomic mass is 31.2. The van der Waals surface area contributed by atoms with Gasteiger partial charge in [0.1, 0.15) is 92.6 Å². The van der Waals surface area contributed by atoms with Crippen molar-refractivity contribution in [3.05, 3.63) is 12.2 Å². The quantitative estimate of drug-likeness (QED) is 0.00889. The molecule has 0 spiro atoms. The molecule has 0 aromatic rings. The summed E-state index contributed by atoms with van der Waals surface area (Å²) in [6, 6.07) is 0. The van der Waals surface area contributed by atoms with E-state index in [9.17, 15) is 74.6 Å². The van der Waals surface area contributed by atoms with Crippen LogP contribution < -0.4 is 0 Å². The van der Waals surface area contributed by atoms with Crippen LogP contribution >= 0.6 is 7.82 Å². The Bertz CT molecular complexity index is 2550. The van der Waals surface area contributed by atoms with E-state index in [0.717, 1.165) is 122 Å². The fourth-order valence-electron chi connectivity index (χ4n) is 16.2. The highest BCUT2D eigenvalue weighted by molar-refractivity contribution is 7.47. The molecule has 20 unspecified atom stereocenters. The number of hydrogen-bond acceptors (Lipinski definition) is 24. The summed E-state index contributed by atoms with van der Waals surface area (Å²) in [6.07, 6.45) is 26.4. The van der Waals surface area contributed by atoms with Gasteiger partial charge in [0.25, 0.3) is 0 Å². The van der Waals surface area contributed by atoms with Crippen LogP contribution in [0.1, 0.15) is 414 Å². The lowest BCUT2D eigenvalue weighted by molar-refractivity contribution is -0.360. The van der Waals surface area contributed by atoms with Crippen LogP contribution in [0.3, 0.4) is 0 Å². The minimum atomic E-state index is -5.81. The summed E-state index contributed by atoms with van der Waals surface area (Å²) in [5, 5.41) is 102. The van der Waals surface area contributed by atoms with Crippen molar-refractivity contribution in [1.29, 1.82) is 0 Å². The molecule has 0 amide bonds. The predicted molar refractivity (Wildman–Crippen MR) is 462 cm³/mol. The standard InChI is InChI=1S/C93H173O25P/c1-7-11-15-19-23-25-27-29-30-32-34-36-38-50-58-66-79(98)115-88-84(103)85(104)89(116-92-86(105)82(101)80(99)74(67-94)113-92)91(90(88)117-93-87(106)83(102)81(100)75(114-93)70-110-77(96)64-56-48-42-40-46-54-62-72(6)60-52-44-22-18-14-10-4)118-119(107,108)111-69-73(112-78(97)65-57-49-37-35-33-31-28-26-24-20-16-12-8-2)68-109-76(95)63-55-47-41-39-45-53-61-71(5)59-51-43-21-17-13-9-3/h31,33,71-75,80-94,99-106H,7-30,32,34-70H2,1-6H3,(H,107,108)/b33-31-.